The van der Waals surface area contributed by atoms with E-state index in [1.807, 2.05) is 0 Å². The fourth-order valence-corrected chi connectivity index (χ4v) is 3.90. The average Bonchev–Trinajstić information content (AvgIpc) is 3.37. The van der Waals surface area contributed by atoms with Gasteiger partial charge in [0, 0.05) is 26.2 Å². The van der Waals surface area contributed by atoms with E-state index in [0.29, 0.717) is 11.7 Å². The smallest absolute Gasteiger partial charge is 0.194 e. The van der Waals surface area contributed by atoms with Crippen molar-refractivity contribution in [2.24, 2.45) is 10.9 Å². The first-order chi connectivity index (χ1) is 13.6. The highest BCUT2D eigenvalue weighted by atomic mass is 127. The van der Waals surface area contributed by atoms with Gasteiger partial charge in [-0.3, -0.25) is 4.99 Å². The van der Waals surface area contributed by atoms with Crippen LogP contribution in [0.5, 0.6) is 5.75 Å². The number of aliphatic imine (C=N–C) groups is 1. The van der Waals surface area contributed by atoms with Gasteiger partial charge in [-0.2, -0.15) is 0 Å². The van der Waals surface area contributed by atoms with Gasteiger partial charge in [0.1, 0.15) is 24.3 Å². The Balaban J connectivity index is 0.00000300. The van der Waals surface area contributed by atoms with Crippen molar-refractivity contribution in [3.05, 3.63) is 30.1 Å². The van der Waals surface area contributed by atoms with Crippen LogP contribution in [-0.2, 0) is 0 Å². The molecule has 0 saturated carbocycles. The van der Waals surface area contributed by atoms with Crippen LogP contribution < -0.4 is 10.1 Å². The summed E-state index contributed by atoms with van der Waals surface area (Å²) in [5, 5.41) is 13.6. The van der Waals surface area contributed by atoms with Crippen LogP contribution in [0.1, 0.15) is 26.2 Å². The molecule has 0 aliphatic carbocycles. The second-order valence-corrected chi connectivity index (χ2v) is 7.72. The molecule has 8 heteroatoms. The molecule has 2 aliphatic rings. The highest BCUT2D eigenvalue weighted by Gasteiger charge is 2.27. The number of likely N-dealkylation sites (tertiary alicyclic amines) is 2. The molecule has 0 radical (unpaired) electrons. The third kappa shape index (κ3) is 7.90. The van der Waals surface area contributed by atoms with Crippen LogP contribution in [0.3, 0.4) is 0 Å². The van der Waals surface area contributed by atoms with Gasteiger partial charge in [-0.05, 0) is 69.5 Å². The monoisotopic (exact) mass is 520 g/mol. The molecule has 2 unspecified atom stereocenters. The standard InChI is InChI=1S/C21H33FN4O2.HI/c1-2-23-21(26-12-9-17(15-26)14-25-10-3-4-11-25)24-13-19(27)16-28-20-7-5-18(22)6-8-20;/h5-8,17,19,27H,2-4,9-16H2,1H3,(H,23,24);1H. The number of hydrogen-bond acceptors (Lipinski definition) is 4. The highest BCUT2D eigenvalue weighted by molar-refractivity contribution is 14.0. The van der Waals surface area contributed by atoms with E-state index in [4.69, 9.17) is 4.74 Å². The molecule has 0 bridgehead atoms. The van der Waals surface area contributed by atoms with Crippen LogP contribution in [0.15, 0.2) is 29.3 Å². The summed E-state index contributed by atoms with van der Waals surface area (Å²) in [5.74, 6) is 1.79. The Labute approximate surface area is 190 Å². The Morgan fingerprint density at radius 1 is 1.28 bits per heavy atom. The summed E-state index contributed by atoms with van der Waals surface area (Å²) in [6, 6.07) is 5.80. The van der Waals surface area contributed by atoms with Gasteiger partial charge in [0.05, 0.1) is 6.54 Å². The van der Waals surface area contributed by atoms with Gasteiger partial charge in [-0.15, -0.1) is 24.0 Å². The van der Waals surface area contributed by atoms with Crippen LogP contribution in [0.2, 0.25) is 0 Å². The second-order valence-electron chi connectivity index (χ2n) is 7.72. The number of nitrogens with one attached hydrogen (secondary N) is 1. The zero-order valence-corrected chi connectivity index (χ0v) is 19.6. The molecule has 2 N–H and O–H groups in total. The van der Waals surface area contributed by atoms with Gasteiger partial charge in [-0.1, -0.05) is 0 Å². The Bertz CT molecular complexity index is 626. The minimum absolute atomic E-state index is 0. The van der Waals surface area contributed by atoms with Crippen molar-refractivity contribution >= 4 is 29.9 Å². The van der Waals surface area contributed by atoms with Crippen molar-refractivity contribution in [1.29, 1.82) is 0 Å². The summed E-state index contributed by atoms with van der Waals surface area (Å²) in [6.07, 6.45) is 3.15. The Hall–Kier alpha value is -1.13. The number of rotatable bonds is 8. The lowest BCUT2D eigenvalue weighted by Crippen LogP contribution is -2.41. The summed E-state index contributed by atoms with van der Waals surface area (Å²) >= 11 is 0. The summed E-state index contributed by atoms with van der Waals surface area (Å²) in [4.78, 5) is 9.50. The second kappa shape index (κ2) is 12.5. The zero-order chi connectivity index (χ0) is 19.8. The normalized spacial score (nSPS) is 21.1. The van der Waals surface area contributed by atoms with Crippen LogP contribution >= 0.6 is 24.0 Å². The predicted molar refractivity (Wildman–Crippen MR) is 125 cm³/mol. The van der Waals surface area contributed by atoms with Gasteiger partial charge in [0.15, 0.2) is 5.96 Å². The van der Waals surface area contributed by atoms with E-state index in [2.05, 4.69) is 27.0 Å². The Morgan fingerprint density at radius 2 is 2.00 bits per heavy atom. The van der Waals surface area contributed by atoms with Gasteiger partial charge in [-0.25, -0.2) is 4.39 Å². The number of benzene rings is 1. The first-order valence-corrected chi connectivity index (χ1v) is 10.5. The number of nitrogens with zero attached hydrogens (tertiary/aromatic N) is 3. The van der Waals surface area contributed by atoms with E-state index < -0.39 is 6.10 Å². The summed E-state index contributed by atoms with van der Waals surface area (Å²) in [6.45, 7) is 8.95. The summed E-state index contributed by atoms with van der Waals surface area (Å²) in [5.41, 5.74) is 0. The van der Waals surface area contributed by atoms with Crippen molar-refractivity contribution < 1.29 is 14.2 Å². The van der Waals surface area contributed by atoms with Crippen LogP contribution in [0, 0.1) is 11.7 Å². The number of ether oxygens (including phenoxy) is 1. The Morgan fingerprint density at radius 3 is 2.69 bits per heavy atom. The lowest BCUT2D eigenvalue weighted by atomic mass is 10.1. The van der Waals surface area contributed by atoms with Crippen LogP contribution in [0.4, 0.5) is 4.39 Å². The number of aliphatic hydroxyl groups is 1. The summed E-state index contributed by atoms with van der Waals surface area (Å²) < 4.78 is 18.4. The lowest BCUT2D eigenvalue weighted by molar-refractivity contribution is 0.114. The van der Waals surface area contributed by atoms with Gasteiger partial charge < -0.3 is 25.0 Å². The first kappa shape index (κ1) is 24.1. The van der Waals surface area contributed by atoms with E-state index in [0.717, 1.165) is 25.6 Å². The summed E-state index contributed by atoms with van der Waals surface area (Å²) in [7, 11) is 0. The van der Waals surface area contributed by atoms with E-state index in [9.17, 15) is 9.50 Å². The molecule has 29 heavy (non-hydrogen) atoms. The number of halogens is 2. The van der Waals surface area contributed by atoms with E-state index in [1.54, 1.807) is 12.1 Å². The molecular formula is C21H34FIN4O2. The molecule has 164 valence electrons. The van der Waals surface area contributed by atoms with Gasteiger partial charge >= 0.3 is 0 Å². The molecular weight excluding hydrogens is 486 g/mol. The quantitative estimate of drug-likeness (QED) is 0.314. The van der Waals surface area contributed by atoms with Crippen LogP contribution in [0.25, 0.3) is 0 Å². The minimum atomic E-state index is -0.707. The van der Waals surface area contributed by atoms with Crippen molar-refractivity contribution in [1.82, 2.24) is 15.1 Å². The van der Waals surface area contributed by atoms with E-state index in [-0.39, 0.29) is 42.9 Å². The topological polar surface area (TPSA) is 60.3 Å². The fraction of sp³-hybridized carbons (Fsp3) is 0.667. The fourth-order valence-electron chi connectivity index (χ4n) is 3.90. The number of aliphatic hydroxyl groups excluding tert-OH is 1. The lowest BCUT2D eigenvalue weighted by Gasteiger charge is -2.23. The maximum atomic E-state index is 12.9. The number of hydrogen-bond donors (Lipinski definition) is 2. The average molecular weight is 520 g/mol. The molecule has 1 aromatic rings. The molecule has 0 spiro atoms. The van der Waals surface area contributed by atoms with E-state index >= 15 is 0 Å². The van der Waals surface area contributed by atoms with Crippen molar-refractivity contribution in [3.8, 4) is 5.75 Å². The largest absolute Gasteiger partial charge is 0.491 e. The van der Waals surface area contributed by atoms with E-state index in [1.165, 1.54) is 51.0 Å². The minimum Gasteiger partial charge on any atom is -0.491 e. The molecule has 0 aromatic heterocycles. The van der Waals surface area contributed by atoms with Crippen molar-refractivity contribution in [2.45, 2.75) is 32.3 Å². The molecule has 2 atom stereocenters. The van der Waals surface area contributed by atoms with Gasteiger partial charge in [0.2, 0.25) is 0 Å². The highest BCUT2D eigenvalue weighted by Crippen LogP contribution is 2.20. The molecule has 2 heterocycles. The third-order valence-corrected chi connectivity index (χ3v) is 5.34. The molecule has 2 saturated heterocycles. The van der Waals surface area contributed by atoms with Gasteiger partial charge in [0.25, 0.3) is 0 Å². The number of guanidine groups is 1. The maximum Gasteiger partial charge on any atom is 0.194 e. The molecule has 1 aromatic carbocycles. The predicted octanol–water partition coefficient (Wildman–Crippen LogP) is 2.57. The van der Waals surface area contributed by atoms with Crippen molar-refractivity contribution in [2.75, 3.05) is 52.4 Å². The molecule has 2 fully saturated rings. The SMILES string of the molecule is CCNC(=NCC(O)COc1ccc(F)cc1)N1CCC(CN2CCCC2)C1.I. The van der Waals surface area contributed by atoms with Crippen molar-refractivity contribution in [3.63, 3.8) is 0 Å². The molecule has 0 amide bonds. The van der Waals surface area contributed by atoms with Crippen LogP contribution in [-0.4, -0.2) is 79.4 Å². The third-order valence-electron chi connectivity index (χ3n) is 5.34. The maximum absolute atomic E-state index is 12.9. The zero-order valence-electron chi connectivity index (χ0n) is 17.2. The molecule has 2 aliphatic heterocycles. The molecule has 6 nitrogen and oxygen atoms in total. The Kier molecular flexibility index (Phi) is 10.4. The molecule has 3 rings (SSSR count). The first-order valence-electron chi connectivity index (χ1n) is 10.5.